The maximum absolute atomic E-state index is 13.5. The Balaban J connectivity index is 2.20. The van der Waals surface area contributed by atoms with E-state index in [1.807, 2.05) is 0 Å². The third kappa shape index (κ3) is 3.65. The zero-order valence-corrected chi connectivity index (χ0v) is 12.6. The number of nitrogens with zero attached hydrogens (tertiary/aromatic N) is 1. The van der Waals surface area contributed by atoms with E-state index >= 15 is 0 Å². The summed E-state index contributed by atoms with van der Waals surface area (Å²) in [5.74, 6) is -2.42. The van der Waals surface area contributed by atoms with Gasteiger partial charge in [-0.25, -0.2) is 8.78 Å². The summed E-state index contributed by atoms with van der Waals surface area (Å²) in [6, 6.07) is 3.69. The molecule has 1 N–H and O–H groups in total. The van der Waals surface area contributed by atoms with Crippen LogP contribution >= 0.6 is 0 Å². The highest BCUT2D eigenvalue weighted by molar-refractivity contribution is 5.83. The molecule has 1 heterocycles. The lowest BCUT2D eigenvalue weighted by Crippen LogP contribution is -2.35. The maximum Gasteiger partial charge on any atom is 0.248 e. The van der Waals surface area contributed by atoms with Gasteiger partial charge in [0.25, 0.3) is 0 Å². The molecule has 5 nitrogen and oxygen atoms in total. The zero-order valence-electron chi connectivity index (χ0n) is 12.6. The van der Waals surface area contributed by atoms with Gasteiger partial charge in [0.15, 0.2) is 0 Å². The lowest BCUT2D eigenvalue weighted by Gasteiger charge is -2.26. The van der Waals surface area contributed by atoms with Crippen LogP contribution < -0.4 is 9.47 Å². The molecule has 0 unspecified atom stereocenters. The van der Waals surface area contributed by atoms with Crippen molar-refractivity contribution in [2.75, 3.05) is 20.8 Å². The number of amides is 1. The lowest BCUT2D eigenvalue weighted by atomic mass is 10.1. The number of halogens is 2. The minimum absolute atomic E-state index is 0.0730. The van der Waals surface area contributed by atoms with Gasteiger partial charge >= 0.3 is 0 Å². The van der Waals surface area contributed by atoms with Crippen LogP contribution in [0, 0.1) is 0 Å². The number of alkyl halides is 2. The van der Waals surface area contributed by atoms with Gasteiger partial charge in [-0.3, -0.25) is 4.79 Å². The van der Waals surface area contributed by atoms with Crippen molar-refractivity contribution in [2.24, 2.45) is 0 Å². The van der Waals surface area contributed by atoms with E-state index in [0.717, 1.165) is 0 Å². The third-order valence-electron chi connectivity index (χ3n) is 3.72. The Hall–Kier alpha value is -1.89. The summed E-state index contributed by atoms with van der Waals surface area (Å²) in [5.41, 5.74) is 8.30. The number of rotatable bonds is 4. The van der Waals surface area contributed by atoms with E-state index in [1.54, 1.807) is 18.2 Å². The third-order valence-corrected chi connectivity index (χ3v) is 3.72. The molecule has 1 fully saturated rings. The fourth-order valence-electron chi connectivity index (χ4n) is 2.46. The number of methoxy groups -OCH3 is 2. The Bertz CT molecular complexity index is 552. The highest BCUT2D eigenvalue weighted by Crippen LogP contribution is 2.32. The van der Waals surface area contributed by atoms with Gasteiger partial charge in [0, 0.05) is 37.6 Å². The molecule has 1 amide bonds. The average molecular weight is 313 g/mol. The van der Waals surface area contributed by atoms with E-state index in [2.05, 4.69) is 0 Å². The Morgan fingerprint density at radius 2 is 2.09 bits per heavy atom. The lowest BCUT2D eigenvalue weighted by molar-refractivity contribution is -0.131. The van der Waals surface area contributed by atoms with Gasteiger partial charge < -0.3 is 20.1 Å². The second-order valence-corrected chi connectivity index (χ2v) is 5.30. The molecular formula is C15H19F2N2O3-. The molecule has 22 heavy (non-hydrogen) atoms. The molecule has 1 aromatic carbocycles. The zero-order chi connectivity index (χ0) is 16.3. The number of hydrogen-bond acceptors (Lipinski definition) is 3. The molecule has 1 aliphatic heterocycles. The number of carbonyl (C=O) groups excluding carboxylic acids is 1. The van der Waals surface area contributed by atoms with Gasteiger partial charge in [0.2, 0.25) is 11.8 Å². The van der Waals surface area contributed by atoms with E-state index < -0.39 is 30.7 Å². The first-order valence-corrected chi connectivity index (χ1v) is 6.95. The van der Waals surface area contributed by atoms with Crippen molar-refractivity contribution in [1.29, 1.82) is 0 Å². The van der Waals surface area contributed by atoms with Crippen LogP contribution in [0.25, 0.3) is 5.73 Å². The molecule has 0 bridgehead atoms. The molecule has 1 saturated heterocycles. The van der Waals surface area contributed by atoms with E-state index in [4.69, 9.17) is 15.2 Å². The summed E-state index contributed by atoms with van der Waals surface area (Å²) < 4.78 is 37.4. The van der Waals surface area contributed by atoms with Gasteiger partial charge in [-0.15, -0.1) is 0 Å². The summed E-state index contributed by atoms with van der Waals surface area (Å²) in [7, 11) is 3.02. The van der Waals surface area contributed by atoms with Crippen LogP contribution in [-0.4, -0.2) is 43.5 Å². The number of carbonyl (C=O) groups is 1. The predicted molar refractivity (Wildman–Crippen MR) is 77.3 cm³/mol. The van der Waals surface area contributed by atoms with Crippen LogP contribution in [0.5, 0.6) is 11.5 Å². The molecule has 122 valence electrons. The van der Waals surface area contributed by atoms with E-state index in [9.17, 15) is 13.6 Å². The summed E-state index contributed by atoms with van der Waals surface area (Å²) in [6.07, 6.45) is -1.14. The summed E-state index contributed by atoms with van der Waals surface area (Å²) in [5, 5.41) is 0. The predicted octanol–water partition coefficient (Wildman–Crippen LogP) is 2.88. The molecule has 0 radical (unpaired) electrons. The minimum Gasteiger partial charge on any atom is -0.667 e. The monoisotopic (exact) mass is 313 g/mol. The van der Waals surface area contributed by atoms with Crippen LogP contribution in [0.1, 0.15) is 18.4 Å². The van der Waals surface area contributed by atoms with Crippen molar-refractivity contribution in [3.63, 3.8) is 0 Å². The van der Waals surface area contributed by atoms with Crippen molar-refractivity contribution < 1.29 is 23.0 Å². The van der Waals surface area contributed by atoms with Crippen molar-refractivity contribution in [2.45, 2.75) is 31.4 Å². The van der Waals surface area contributed by atoms with Crippen molar-refractivity contribution in [1.82, 2.24) is 4.90 Å². The Morgan fingerprint density at radius 1 is 1.36 bits per heavy atom. The molecule has 7 heteroatoms. The number of benzene rings is 1. The molecule has 0 saturated carbocycles. The standard InChI is InChI=1S/C15H19F2N2O3/c1-21-11-4-3-10(13(7-11)22-2)9-19-6-5-15(16,17)8-12(18)14(19)20/h3-4,7,12,18H,5-6,8-9H2,1-2H3/q-1/t12-/m1/s1. The Kier molecular flexibility index (Phi) is 4.85. The highest BCUT2D eigenvalue weighted by Gasteiger charge is 2.36. The van der Waals surface area contributed by atoms with Crippen LogP contribution in [0.15, 0.2) is 18.2 Å². The SMILES string of the molecule is COc1ccc(CN2CCC(F)(F)C[C@@H]([NH-])C2=O)c(OC)c1. The van der Waals surface area contributed by atoms with Gasteiger partial charge in [-0.2, -0.15) is 0 Å². The van der Waals surface area contributed by atoms with E-state index in [-0.39, 0.29) is 13.1 Å². The van der Waals surface area contributed by atoms with Gasteiger partial charge in [-0.05, 0) is 12.1 Å². The smallest absolute Gasteiger partial charge is 0.248 e. The van der Waals surface area contributed by atoms with Gasteiger partial charge in [0.05, 0.1) is 14.2 Å². The molecule has 1 atom stereocenters. The fraction of sp³-hybridized carbons (Fsp3) is 0.533. The first kappa shape index (κ1) is 16.5. The topological polar surface area (TPSA) is 62.6 Å². The Labute approximate surface area is 128 Å². The van der Waals surface area contributed by atoms with Crippen LogP contribution in [0.3, 0.4) is 0 Å². The molecule has 1 aliphatic rings. The van der Waals surface area contributed by atoms with E-state index in [1.165, 1.54) is 19.1 Å². The summed E-state index contributed by atoms with van der Waals surface area (Å²) in [6.45, 7) is 0.0634. The van der Waals surface area contributed by atoms with E-state index in [0.29, 0.717) is 17.1 Å². The number of nitrogens with one attached hydrogen (secondary N) is 1. The van der Waals surface area contributed by atoms with Crippen molar-refractivity contribution in [3.8, 4) is 11.5 Å². The number of likely N-dealkylation sites (tertiary alicyclic amines) is 1. The van der Waals surface area contributed by atoms with Crippen molar-refractivity contribution in [3.05, 3.63) is 29.5 Å². The first-order chi connectivity index (χ1) is 10.4. The van der Waals surface area contributed by atoms with Crippen LogP contribution in [0.2, 0.25) is 0 Å². The van der Waals surface area contributed by atoms with Gasteiger partial charge in [0.1, 0.15) is 11.5 Å². The van der Waals surface area contributed by atoms with Crippen LogP contribution in [-0.2, 0) is 11.3 Å². The van der Waals surface area contributed by atoms with Gasteiger partial charge in [-0.1, -0.05) is 6.04 Å². The second-order valence-electron chi connectivity index (χ2n) is 5.30. The molecular weight excluding hydrogens is 294 g/mol. The normalized spacial score (nSPS) is 21.4. The minimum atomic E-state index is -2.97. The summed E-state index contributed by atoms with van der Waals surface area (Å²) in [4.78, 5) is 13.4. The number of hydrogen-bond donors (Lipinski definition) is 0. The van der Waals surface area contributed by atoms with Crippen LogP contribution in [0.4, 0.5) is 8.78 Å². The molecule has 1 aromatic rings. The quantitative estimate of drug-likeness (QED) is 0.858. The molecule has 0 aliphatic carbocycles. The second kappa shape index (κ2) is 6.48. The fourth-order valence-corrected chi connectivity index (χ4v) is 2.46. The largest absolute Gasteiger partial charge is 0.667 e. The number of ether oxygens (including phenoxy) is 2. The average Bonchev–Trinajstić information content (AvgIpc) is 2.58. The molecule has 2 rings (SSSR count). The maximum atomic E-state index is 13.5. The van der Waals surface area contributed by atoms with Crippen molar-refractivity contribution >= 4 is 5.91 Å². The first-order valence-electron chi connectivity index (χ1n) is 6.95. The molecule has 0 spiro atoms. The molecule has 0 aromatic heterocycles. The Morgan fingerprint density at radius 3 is 2.73 bits per heavy atom. The summed E-state index contributed by atoms with van der Waals surface area (Å²) >= 11 is 0. The highest BCUT2D eigenvalue weighted by atomic mass is 19.3.